The molecule has 1 amide bonds. The lowest BCUT2D eigenvalue weighted by Crippen LogP contribution is -2.31. The Hall–Kier alpha value is -0.840. The molecule has 1 aromatic rings. The lowest BCUT2D eigenvalue weighted by Gasteiger charge is -2.19. The Balaban J connectivity index is 2.92. The molecule has 2 nitrogen and oxygen atoms in total. The van der Waals surface area contributed by atoms with Crippen LogP contribution in [0, 0.1) is 3.57 Å². The van der Waals surface area contributed by atoms with Crippen LogP contribution in [0.2, 0.25) is 0 Å². The van der Waals surface area contributed by atoms with Crippen LogP contribution in [0.1, 0.15) is 17.3 Å². The molecule has 0 aromatic heterocycles. The third-order valence-electron chi connectivity index (χ3n) is 2.12. The topological polar surface area (TPSA) is 20.3 Å². The summed E-state index contributed by atoms with van der Waals surface area (Å²) in [6.45, 7) is 6.92. The van der Waals surface area contributed by atoms with Gasteiger partial charge in [-0.2, -0.15) is 0 Å². The number of likely N-dealkylation sites (N-methyl/N-ethyl adjacent to an activating group) is 1. The maximum absolute atomic E-state index is 12.1. The fourth-order valence-electron chi connectivity index (χ4n) is 1.32. The fraction of sp³-hybridized carbons (Fsp3) is 0.250. The number of halogens is 1. The summed E-state index contributed by atoms with van der Waals surface area (Å²) in [7, 11) is 0. The largest absolute Gasteiger partial charge is 0.335 e. The third kappa shape index (κ3) is 3.06. The van der Waals surface area contributed by atoms with Gasteiger partial charge in [-0.3, -0.25) is 4.79 Å². The van der Waals surface area contributed by atoms with Crippen LogP contribution in [0.4, 0.5) is 0 Å². The second-order valence-electron chi connectivity index (χ2n) is 3.11. The quantitative estimate of drug-likeness (QED) is 0.618. The number of benzene rings is 1. The van der Waals surface area contributed by atoms with Crippen molar-refractivity contribution in [3.63, 3.8) is 0 Å². The lowest BCUT2D eigenvalue weighted by molar-refractivity contribution is 0.0781. The Labute approximate surface area is 104 Å². The van der Waals surface area contributed by atoms with Gasteiger partial charge >= 0.3 is 0 Å². The smallest absolute Gasteiger partial charge is 0.255 e. The van der Waals surface area contributed by atoms with Crippen molar-refractivity contribution in [1.29, 1.82) is 0 Å². The number of rotatable bonds is 4. The van der Waals surface area contributed by atoms with Crippen molar-refractivity contribution < 1.29 is 4.79 Å². The van der Waals surface area contributed by atoms with Gasteiger partial charge in [0.25, 0.3) is 5.91 Å². The monoisotopic (exact) mass is 315 g/mol. The van der Waals surface area contributed by atoms with Crippen LogP contribution < -0.4 is 0 Å². The van der Waals surface area contributed by atoms with Gasteiger partial charge in [0.05, 0.1) is 5.56 Å². The van der Waals surface area contributed by atoms with Crippen LogP contribution in [-0.4, -0.2) is 23.9 Å². The van der Waals surface area contributed by atoms with Gasteiger partial charge in [-0.15, -0.1) is 6.58 Å². The van der Waals surface area contributed by atoms with E-state index in [1.807, 2.05) is 31.2 Å². The van der Waals surface area contributed by atoms with Gasteiger partial charge in [-0.05, 0) is 41.6 Å². The molecule has 0 fully saturated rings. The first kappa shape index (κ1) is 12.2. The molecule has 0 saturated carbocycles. The minimum absolute atomic E-state index is 0.0717. The van der Waals surface area contributed by atoms with Crippen LogP contribution in [0.3, 0.4) is 0 Å². The number of carbonyl (C=O) groups is 1. The average molecular weight is 315 g/mol. The average Bonchev–Trinajstić information content (AvgIpc) is 2.25. The maximum Gasteiger partial charge on any atom is 0.255 e. The first-order valence-corrected chi connectivity index (χ1v) is 5.93. The van der Waals surface area contributed by atoms with Gasteiger partial charge in [0, 0.05) is 16.7 Å². The molecule has 1 aromatic carbocycles. The fourth-order valence-corrected chi connectivity index (χ4v) is 1.93. The molecule has 0 aliphatic heterocycles. The summed E-state index contributed by atoms with van der Waals surface area (Å²) in [4.78, 5) is 13.8. The van der Waals surface area contributed by atoms with E-state index in [1.165, 1.54) is 0 Å². The molecule has 80 valence electrons. The van der Waals surface area contributed by atoms with Gasteiger partial charge in [0.15, 0.2) is 0 Å². The first-order valence-electron chi connectivity index (χ1n) is 4.85. The number of amides is 1. The molecule has 1 rings (SSSR count). The van der Waals surface area contributed by atoms with Crippen molar-refractivity contribution >= 4 is 28.5 Å². The van der Waals surface area contributed by atoms with E-state index < -0.39 is 0 Å². The Kier molecular flexibility index (Phi) is 4.81. The minimum atomic E-state index is 0.0717. The lowest BCUT2D eigenvalue weighted by atomic mass is 10.2. The summed E-state index contributed by atoms with van der Waals surface area (Å²) >= 11 is 2.18. The molecule has 3 heteroatoms. The van der Waals surface area contributed by atoms with Crippen LogP contribution in [-0.2, 0) is 0 Å². The first-order chi connectivity index (χ1) is 7.20. The standard InChI is InChI=1S/C12H14INO/c1-3-9-14(4-2)12(15)10-7-5-6-8-11(10)13/h3,5-8H,1,4,9H2,2H3. The van der Waals surface area contributed by atoms with E-state index in [0.717, 1.165) is 9.13 Å². The van der Waals surface area contributed by atoms with E-state index in [1.54, 1.807) is 11.0 Å². The summed E-state index contributed by atoms with van der Waals surface area (Å²) in [6, 6.07) is 7.62. The highest BCUT2D eigenvalue weighted by Gasteiger charge is 2.14. The van der Waals surface area contributed by atoms with E-state index in [9.17, 15) is 4.79 Å². The molecular weight excluding hydrogens is 301 g/mol. The molecule has 0 spiro atoms. The van der Waals surface area contributed by atoms with E-state index >= 15 is 0 Å². The van der Waals surface area contributed by atoms with Crippen LogP contribution in [0.15, 0.2) is 36.9 Å². The van der Waals surface area contributed by atoms with E-state index in [0.29, 0.717) is 13.1 Å². The zero-order valence-electron chi connectivity index (χ0n) is 8.74. The second-order valence-corrected chi connectivity index (χ2v) is 4.27. The molecule has 0 atom stereocenters. The van der Waals surface area contributed by atoms with Gasteiger partial charge in [0.2, 0.25) is 0 Å². The van der Waals surface area contributed by atoms with Crippen molar-refractivity contribution in [2.45, 2.75) is 6.92 Å². The van der Waals surface area contributed by atoms with Crippen molar-refractivity contribution in [2.75, 3.05) is 13.1 Å². The number of carbonyl (C=O) groups excluding carboxylic acids is 1. The molecule has 0 saturated heterocycles. The van der Waals surface area contributed by atoms with Crippen molar-refractivity contribution in [2.24, 2.45) is 0 Å². The second kappa shape index (κ2) is 5.90. The molecule has 15 heavy (non-hydrogen) atoms. The van der Waals surface area contributed by atoms with Gasteiger partial charge in [-0.25, -0.2) is 0 Å². The summed E-state index contributed by atoms with van der Waals surface area (Å²) in [5, 5.41) is 0. The van der Waals surface area contributed by atoms with E-state index in [2.05, 4.69) is 29.2 Å². The summed E-state index contributed by atoms with van der Waals surface area (Å²) < 4.78 is 0.989. The molecule has 0 heterocycles. The normalized spacial score (nSPS) is 9.73. The van der Waals surface area contributed by atoms with Crippen molar-refractivity contribution in [1.82, 2.24) is 4.90 Å². The van der Waals surface area contributed by atoms with E-state index in [4.69, 9.17) is 0 Å². The van der Waals surface area contributed by atoms with Crippen molar-refractivity contribution in [3.8, 4) is 0 Å². The molecule has 0 aliphatic rings. The Bertz CT molecular complexity index is 362. The van der Waals surface area contributed by atoms with Crippen LogP contribution in [0.25, 0.3) is 0 Å². The van der Waals surface area contributed by atoms with Crippen molar-refractivity contribution in [3.05, 3.63) is 46.1 Å². The highest BCUT2D eigenvalue weighted by molar-refractivity contribution is 14.1. The van der Waals surface area contributed by atoms with Crippen LogP contribution in [0.5, 0.6) is 0 Å². The highest BCUT2D eigenvalue weighted by Crippen LogP contribution is 2.13. The van der Waals surface area contributed by atoms with Crippen LogP contribution >= 0.6 is 22.6 Å². The molecular formula is C12H14INO. The summed E-state index contributed by atoms with van der Waals surface area (Å²) in [5.74, 6) is 0.0717. The summed E-state index contributed by atoms with van der Waals surface area (Å²) in [5.41, 5.74) is 0.766. The highest BCUT2D eigenvalue weighted by atomic mass is 127. The number of hydrogen-bond donors (Lipinski definition) is 0. The predicted octanol–water partition coefficient (Wildman–Crippen LogP) is 2.94. The zero-order chi connectivity index (χ0) is 11.3. The number of hydrogen-bond acceptors (Lipinski definition) is 1. The van der Waals surface area contributed by atoms with E-state index in [-0.39, 0.29) is 5.91 Å². The SMILES string of the molecule is C=CCN(CC)C(=O)c1ccccc1I. The predicted molar refractivity (Wildman–Crippen MR) is 70.9 cm³/mol. The number of nitrogens with zero attached hydrogens (tertiary/aromatic N) is 1. The Morgan fingerprint density at radius 1 is 1.53 bits per heavy atom. The minimum Gasteiger partial charge on any atom is -0.335 e. The molecule has 0 radical (unpaired) electrons. The molecule has 0 bridgehead atoms. The molecule has 0 unspecified atom stereocenters. The maximum atomic E-state index is 12.1. The molecule has 0 aliphatic carbocycles. The van der Waals surface area contributed by atoms with Gasteiger partial charge in [-0.1, -0.05) is 18.2 Å². The third-order valence-corrected chi connectivity index (χ3v) is 3.06. The Morgan fingerprint density at radius 3 is 2.73 bits per heavy atom. The Morgan fingerprint density at radius 2 is 2.20 bits per heavy atom. The molecule has 0 N–H and O–H groups in total. The summed E-state index contributed by atoms with van der Waals surface area (Å²) in [6.07, 6.45) is 1.75. The van der Waals surface area contributed by atoms with Gasteiger partial charge in [0.1, 0.15) is 0 Å². The van der Waals surface area contributed by atoms with Gasteiger partial charge < -0.3 is 4.90 Å². The zero-order valence-corrected chi connectivity index (χ0v) is 10.9.